The zero-order chi connectivity index (χ0) is 7.95. The predicted octanol–water partition coefficient (Wildman–Crippen LogP) is 3.02. The van der Waals surface area contributed by atoms with Crippen molar-refractivity contribution in [3.63, 3.8) is 0 Å². The topological polar surface area (TPSA) is 0 Å². The lowest BCUT2D eigenvalue weighted by Crippen LogP contribution is -2.44. The Morgan fingerprint density at radius 3 is 1.73 bits per heavy atom. The average Bonchev–Trinajstić information content (AvgIpc) is 2.07. The average molecular weight is 160 g/mol. The van der Waals surface area contributed by atoms with Crippen LogP contribution in [0.4, 0.5) is 8.78 Å². The first-order valence-corrected chi connectivity index (χ1v) is 4.43. The SMILES string of the molecule is FCC12CCC(F)(CC1)CC2. The molecule has 64 valence electrons. The van der Waals surface area contributed by atoms with Gasteiger partial charge in [0.15, 0.2) is 0 Å². The zero-order valence-electron chi connectivity index (χ0n) is 6.71. The molecule has 3 rings (SSSR count). The summed E-state index contributed by atoms with van der Waals surface area (Å²) in [7, 11) is 0. The minimum atomic E-state index is -0.906. The highest BCUT2D eigenvalue weighted by Crippen LogP contribution is 2.54. The Morgan fingerprint density at radius 1 is 0.909 bits per heavy atom. The van der Waals surface area contributed by atoms with E-state index >= 15 is 0 Å². The van der Waals surface area contributed by atoms with Gasteiger partial charge in [0, 0.05) is 0 Å². The second-order valence-electron chi connectivity index (χ2n) is 4.28. The molecule has 0 amide bonds. The van der Waals surface area contributed by atoms with Crippen LogP contribution in [0.3, 0.4) is 0 Å². The highest BCUT2D eigenvalue weighted by molar-refractivity contribution is 4.99. The standard InChI is InChI=1S/C9H14F2/c10-7-8-1-4-9(11,5-2-8)6-3-8/h1-7H2. The van der Waals surface area contributed by atoms with Crippen LogP contribution < -0.4 is 0 Å². The normalized spacial score (nSPS) is 49.6. The van der Waals surface area contributed by atoms with Crippen molar-refractivity contribution in [3.8, 4) is 0 Å². The van der Waals surface area contributed by atoms with Crippen molar-refractivity contribution in [2.75, 3.05) is 6.67 Å². The second-order valence-corrected chi connectivity index (χ2v) is 4.28. The quantitative estimate of drug-likeness (QED) is 0.553. The summed E-state index contributed by atoms with van der Waals surface area (Å²) in [5.74, 6) is 0. The second kappa shape index (κ2) is 2.18. The zero-order valence-corrected chi connectivity index (χ0v) is 6.71. The molecule has 0 spiro atoms. The smallest absolute Gasteiger partial charge is 0.111 e. The Kier molecular flexibility index (Phi) is 1.48. The predicted molar refractivity (Wildman–Crippen MR) is 39.9 cm³/mol. The van der Waals surface area contributed by atoms with Gasteiger partial charge >= 0.3 is 0 Å². The van der Waals surface area contributed by atoms with Gasteiger partial charge in [-0.1, -0.05) is 0 Å². The molecular formula is C9H14F2. The van der Waals surface area contributed by atoms with E-state index < -0.39 is 5.67 Å². The van der Waals surface area contributed by atoms with Crippen molar-refractivity contribution in [1.82, 2.24) is 0 Å². The first-order valence-electron chi connectivity index (χ1n) is 4.43. The van der Waals surface area contributed by atoms with E-state index in [-0.39, 0.29) is 12.1 Å². The maximum atomic E-state index is 13.5. The van der Waals surface area contributed by atoms with Gasteiger partial charge in [0.2, 0.25) is 0 Å². The highest BCUT2D eigenvalue weighted by atomic mass is 19.1. The number of alkyl halides is 2. The van der Waals surface area contributed by atoms with E-state index in [1.54, 1.807) is 0 Å². The molecule has 0 N–H and O–H groups in total. The summed E-state index contributed by atoms with van der Waals surface area (Å²) in [6.45, 7) is -0.233. The van der Waals surface area contributed by atoms with Crippen LogP contribution in [0.25, 0.3) is 0 Å². The molecule has 3 aliphatic rings. The molecule has 0 aliphatic heterocycles. The van der Waals surface area contributed by atoms with E-state index in [2.05, 4.69) is 0 Å². The molecule has 0 aromatic carbocycles. The lowest BCUT2D eigenvalue weighted by molar-refractivity contribution is -0.0450. The van der Waals surface area contributed by atoms with Gasteiger partial charge < -0.3 is 0 Å². The van der Waals surface area contributed by atoms with Crippen molar-refractivity contribution in [1.29, 1.82) is 0 Å². The molecule has 0 nitrogen and oxygen atoms in total. The van der Waals surface area contributed by atoms with Crippen molar-refractivity contribution < 1.29 is 8.78 Å². The molecule has 11 heavy (non-hydrogen) atoms. The van der Waals surface area contributed by atoms with Crippen molar-refractivity contribution in [2.24, 2.45) is 5.41 Å². The van der Waals surface area contributed by atoms with Gasteiger partial charge in [-0.25, -0.2) is 4.39 Å². The van der Waals surface area contributed by atoms with Crippen LogP contribution in [0.1, 0.15) is 38.5 Å². The molecule has 0 saturated heterocycles. The Labute approximate surface area is 66.0 Å². The van der Waals surface area contributed by atoms with Gasteiger partial charge in [-0.05, 0) is 43.9 Å². The van der Waals surface area contributed by atoms with E-state index in [1.165, 1.54) is 0 Å². The summed E-state index contributed by atoms with van der Waals surface area (Å²) in [6.07, 6.45) is 4.16. The number of rotatable bonds is 1. The van der Waals surface area contributed by atoms with E-state index in [4.69, 9.17) is 0 Å². The van der Waals surface area contributed by atoms with Crippen LogP contribution in [-0.2, 0) is 0 Å². The van der Waals surface area contributed by atoms with Gasteiger partial charge in [-0.3, -0.25) is 4.39 Å². The fourth-order valence-corrected chi connectivity index (χ4v) is 2.42. The third kappa shape index (κ3) is 1.07. The molecular weight excluding hydrogens is 146 g/mol. The lowest BCUT2D eigenvalue weighted by Gasteiger charge is -2.48. The fraction of sp³-hybridized carbons (Fsp3) is 1.00. The van der Waals surface area contributed by atoms with Crippen LogP contribution in [-0.4, -0.2) is 12.3 Å². The van der Waals surface area contributed by atoms with Gasteiger partial charge in [0.1, 0.15) is 5.67 Å². The monoisotopic (exact) mass is 160 g/mol. The van der Waals surface area contributed by atoms with E-state index in [9.17, 15) is 8.78 Å². The van der Waals surface area contributed by atoms with Gasteiger partial charge in [-0.15, -0.1) is 0 Å². The number of hydrogen-bond acceptors (Lipinski definition) is 0. The molecule has 3 saturated carbocycles. The van der Waals surface area contributed by atoms with E-state index in [1.807, 2.05) is 0 Å². The number of hydrogen-bond donors (Lipinski definition) is 0. The lowest BCUT2D eigenvalue weighted by atomic mass is 9.60. The van der Waals surface area contributed by atoms with Crippen LogP contribution in [0, 0.1) is 5.41 Å². The minimum absolute atomic E-state index is 0.103. The van der Waals surface area contributed by atoms with Gasteiger partial charge in [0.25, 0.3) is 0 Å². The molecule has 3 fully saturated rings. The maximum Gasteiger partial charge on any atom is 0.111 e. The minimum Gasteiger partial charge on any atom is -0.250 e. The van der Waals surface area contributed by atoms with Crippen molar-refractivity contribution in [3.05, 3.63) is 0 Å². The summed E-state index contributed by atoms with van der Waals surface area (Å²) in [5, 5.41) is 0. The van der Waals surface area contributed by atoms with Crippen LogP contribution in [0.5, 0.6) is 0 Å². The summed E-state index contributed by atoms with van der Waals surface area (Å²) in [4.78, 5) is 0. The summed E-state index contributed by atoms with van der Waals surface area (Å²) in [6, 6.07) is 0. The maximum absolute atomic E-state index is 13.5. The number of halogens is 2. The fourth-order valence-electron chi connectivity index (χ4n) is 2.42. The summed E-state index contributed by atoms with van der Waals surface area (Å²) >= 11 is 0. The van der Waals surface area contributed by atoms with Crippen molar-refractivity contribution >= 4 is 0 Å². The van der Waals surface area contributed by atoms with Gasteiger partial charge in [0.05, 0.1) is 6.67 Å². The first kappa shape index (κ1) is 7.51. The third-order valence-corrected chi connectivity index (χ3v) is 3.59. The Hall–Kier alpha value is -0.140. The molecule has 0 unspecified atom stereocenters. The van der Waals surface area contributed by atoms with E-state index in [0.717, 1.165) is 19.3 Å². The van der Waals surface area contributed by atoms with Gasteiger partial charge in [-0.2, -0.15) is 0 Å². The van der Waals surface area contributed by atoms with Crippen LogP contribution >= 0.6 is 0 Å². The first-order chi connectivity index (χ1) is 5.18. The Balaban J connectivity index is 2.12. The Morgan fingerprint density at radius 2 is 1.36 bits per heavy atom. The van der Waals surface area contributed by atoms with Crippen LogP contribution in [0.15, 0.2) is 0 Å². The molecule has 3 aliphatic carbocycles. The summed E-state index contributed by atoms with van der Waals surface area (Å²) < 4.78 is 26.1. The third-order valence-electron chi connectivity index (χ3n) is 3.59. The molecule has 2 bridgehead atoms. The molecule has 2 heteroatoms. The van der Waals surface area contributed by atoms with Crippen molar-refractivity contribution in [2.45, 2.75) is 44.2 Å². The van der Waals surface area contributed by atoms with E-state index in [0.29, 0.717) is 19.3 Å². The highest BCUT2D eigenvalue weighted by Gasteiger charge is 2.48. The van der Waals surface area contributed by atoms with Crippen LogP contribution in [0.2, 0.25) is 0 Å². The molecule has 0 heterocycles. The molecule has 0 aromatic rings. The molecule has 0 aromatic heterocycles. The molecule has 0 atom stereocenters. The molecule has 0 radical (unpaired) electrons. The Bertz CT molecular complexity index is 140. The largest absolute Gasteiger partial charge is 0.250 e. The number of fused-ring (bicyclic) bond motifs is 3. The summed E-state index contributed by atoms with van der Waals surface area (Å²) in [5.41, 5.74) is -1.01.